The summed E-state index contributed by atoms with van der Waals surface area (Å²) in [5, 5.41) is 9.36. The number of carbonyl (C=O) groups excluding carboxylic acids is 2. The predicted molar refractivity (Wildman–Crippen MR) is 139 cm³/mol. The lowest BCUT2D eigenvalue weighted by Gasteiger charge is -2.15. The monoisotopic (exact) mass is 538 g/mol. The average Bonchev–Trinajstić information content (AvgIpc) is 3.20. The van der Waals surface area contributed by atoms with Crippen molar-refractivity contribution in [2.24, 2.45) is 11.1 Å². The first-order chi connectivity index (χ1) is 18.4. The van der Waals surface area contributed by atoms with Gasteiger partial charge in [0.1, 0.15) is 40.5 Å². The number of rotatable bonds is 7. The second-order valence-electron chi connectivity index (χ2n) is 9.86. The molecule has 0 bridgehead atoms. The maximum atomic E-state index is 14.8. The molecule has 0 saturated carbocycles. The van der Waals surface area contributed by atoms with Gasteiger partial charge in [0.05, 0.1) is 17.1 Å². The van der Waals surface area contributed by atoms with Gasteiger partial charge in [-0.3, -0.25) is 15.1 Å². The van der Waals surface area contributed by atoms with E-state index in [1.54, 1.807) is 6.07 Å². The van der Waals surface area contributed by atoms with Gasteiger partial charge in [0.15, 0.2) is 0 Å². The van der Waals surface area contributed by atoms with Crippen LogP contribution < -0.4 is 21.1 Å². The Kier molecular flexibility index (Phi) is 7.56. The van der Waals surface area contributed by atoms with Gasteiger partial charge >= 0.3 is 6.03 Å². The zero-order valence-corrected chi connectivity index (χ0v) is 21.3. The van der Waals surface area contributed by atoms with E-state index in [0.29, 0.717) is 12.1 Å². The first-order valence-electron chi connectivity index (χ1n) is 11.7. The lowest BCUT2D eigenvalue weighted by Crippen LogP contribution is -2.22. The summed E-state index contributed by atoms with van der Waals surface area (Å²) in [6.07, 6.45) is 1.84. The number of carbonyl (C=O) groups is 2. The fourth-order valence-electron chi connectivity index (χ4n) is 3.68. The fourth-order valence-corrected chi connectivity index (χ4v) is 3.68. The van der Waals surface area contributed by atoms with Gasteiger partial charge < -0.3 is 15.8 Å². The van der Waals surface area contributed by atoms with Crippen molar-refractivity contribution in [2.75, 3.05) is 10.6 Å². The molecule has 0 spiro atoms. The number of pyridine rings is 1. The molecule has 39 heavy (non-hydrogen) atoms. The summed E-state index contributed by atoms with van der Waals surface area (Å²) in [7, 11) is 0. The van der Waals surface area contributed by atoms with Crippen molar-refractivity contribution in [3.63, 3.8) is 0 Å². The second kappa shape index (κ2) is 10.9. The first kappa shape index (κ1) is 27.2. The maximum Gasteiger partial charge on any atom is 0.324 e. The maximum absolute atomic E-state index is 14.8. The van der Waals surface area contributed by atoms with Crippen molar-refractivity contribution in [3.8, 4) is 17.2 Å². The fraction of sp³-hybridized carbons (Fsp3) is 0.185. The Morgan fingerprint density at radius 2 is 1.64 bits per heavy atom. The normalized spacial score (nSPS) is 11.2. The van der Waals surface area contributed by atoms with Gasteiger partial charge in [0, 0.05) is 30.5 Å². The minimum Gasteiger partial charge on any atom is -0.457 e. The molecule has 0 saturated heterocycles. The van der Waals surface area contributed by atoms with Crippen molar-refractivity contribution in [1.29, 1.82) is 0 Å². The number of anilines is 2. The summed E-state index contributed by atoms with van der Waals surface area (Å²) in [5.41, 5.74) is 5.50. The summed E-state index contributed by atoms with van der Waals surface area (Å²) in [5.74, 6) is -2.74. The number of amides is 3. The number of primary amides is 1. The van der Waals surface area contributed by atoms with E-state index in [2.05, 4.69) is 20.7 Å². The Labute approximate surface area is 221 Å². The Morgan fingerprint density at radius 3 is 2.28 bits per heavy atom. The van der Waals surface area contributed by atoms with Gasteiger partial charge in [-0.2, -0.15) is 5.10 Å². The van der Waals surface area contributed by atoms with Crippen LogP contribution >= 0.6 is 0 Å². The van der Waals surface area contributed by atoms with Crippen LogP contribution in [0.4, 0.5) is 29.5 Å². The molecule has 2 aromatic carbocycles. The number of ether oxygens (including phenoxy) is 1. The minimum absolute atomic E-state index is 0.0196. The molecule has 2 aromatic heterocycles. The highest BCUT2D eigenvalue weighted by Crippen LogP contribution is 2.27. The summed E-state index contributed by atoms with van der Waals surface area (Å²) in [6.45, 7) is 5.99. The minimum atomic E-state index is -0.817. The molecule has 0 aliphatic rings. The van der Waals surface area contributed by atoms with E-state index in [-0.39, 0.29) is 39.8 Å². The zero-order chi connectivity index (χ0) is 28.3. The lowest BCUT2D eigenvalue weighted by atomic mass is 9.91. The van der Waals surface area contributed by atoms with E-state index in [1.807, 2.05) is 20.8 Å². The van der Waals surface area contributed by atoms with Crippen LogP contribution in [0.5, 0.6) is 11.5 Å². The molecule has 0 aliphatic heterocycles. The van der Waals surface area contributed by atoms with E-state index >= 15 is 0 Å². The number of urea groups is 1. The summed E-state index contributed by atoms with van der Waals surface area (Å²) >= 11 is 0. The predicted octanol–water partition coefficient (Wildman–Crippen LogP) is 5.81. The van der Waals surface area contributed by atoms with E-state index in [0.717, 1.165) is 24.3 Å². The smallest absolute Gasteiger partial charge is 0.324 e. The van der Waals surface area contributed by atoms with Crippen LogP contribution in [0, 0.1) is 22.9 Å². The second-order valence-corrected chi connectivity index (χ2v) is 9.86. The number of nitrogens with zero attached hydrogens (tertiary/aromatic N) is 3. The third kappa shape index (κ3) is 7.12. The van der Waals surface area contributed by atoms with Gasteiger partial charge in [-0.15, -0.1) is 0 Å². The number of nitrogens with two attached hydrogens (primary N) is 1. The van der Waals surface area contributed by atoms with Gasteiger partial charge in [-0.05, 0) is 42.2 Å². The quantitative estimate of drug-likeness (QED) is 0.274. The molecule has 0 radical (unpaired) electrons. The van der Waals surface area contributed by atoms with Crippen LogP contribution in [0.25, 0.3) is 5.69 Å². The molecular formula is C27H25F3N6O3. The molecule has 0 unspecified atom stereocenters. The van der Waals surface area contributed by atoms with E-state index in [4.69, 9.17) is 10.5 Å². The molecule has 9 nitrogen and oxygen atoms in total. The molecule has 0 aliphatic carbocycles. The molecule has 4 aromatic rings. The van der Waals surface area contributed by atoms with Crippen LogP contribution in [0.15, 0.2) is 60.8 Å². The number of hydrogen-bond acceptors (Lipinski definition) is 5. The zero-order valence-electron chi connectivity index (χ0n) is 21.3. The largest absolute Gasteiger partial charge is 0.457 e. The van der Waals surface area contributed by atoms with E-state index in [9.17, 15) is 22.8 Å². The topological polar surface area (TPSA) is 124 Å². The van der Waals surface area contributed by atoms with Crippen molar-refractivity contribution < 1.29 is 27.5 Å². The Hall–Kier alpha value is -4.87. The molecule has 0 fully saturated rings. The van der Waals surface area contributed by atoms with Crippen molar-refractivity contribution in [3.05, 3.63) is 89.6 Å². The van der Waals surface area contributed by atoms with Gasteiger partial charge in [0.25, 0.3) is 5.91 Å². The summed E-state index contributed by atoms with van der Waals surface area (Å²) in [6, 6.07) is 10.1. The Balaban J connectivity index is 1.53. The molecule has 2 heterocycles. The number of hydrogen-bond donors (Lipinski definition) is 3. The number of nitrogens with one attached hydrogen (secondary N) is 2. The van der Waals surface area contributed by atoms with E-state index < -0.39 is 29.4 Å². The molecule has 12 heteroatoms. The molecule has 0 atom stereocenters. The standard InChI is InChI=1S/C27H25F3N6O3/c1-27(2,3)14-17-11-24(36(35-17)18-9-15(28)8-16(29)10-18)34-26(38)33-22-5-4-19(12-21(22)30)39-20-6-7-32-23(13-20)25(31)37/h4-13H,14H2,1-3H3,(H2,31,37)(H2,33,34,38). The third-order valence-electron chi connectivity index (χ3n) is 5.21. The molecule has 202 valence electrons. The van der Waals surface area contributed by atoms with Crippen LogP contribution in [0.2, 0.25) is 0 Å². The van der Waals surface area contributed by atoms with Crippen molar-refractivity contribution >= 4 is 23.4 Å². The van der Waals surface area contributed by atoms with Gasteiger partial charge in [0.2, 0.25) is 0 Å². The molecular weight excluding hydrogens is 513 g/mol. The number of benzene rings is 2. The highest BCUT2D eigenvalue weighted by Gasteiger charge is 2.19. The highest BCUT2D eigenvalue weighted by molar-refractivity contribution is 5.99. The third-order valence-corrected chi connectivity index (χ3v) is 5.21. The number of aromatic nitrogens is 3. The summed E-state index contributed by atoms with van der Waals surface area (Å²) in [4.78, 5) is 27.9. The van der Waals surface area contributed by atoms with Crippen molar-refractivity contribution in [2.45, 2.75) is 27.2 Å². The Bertz CT molecular complexity index is 1530. The van der Waals surface area contributed by atoms with Gasteiger partial charge in [-0.1, -0.05) is 20.8 Å². The highest BCUT2D eigenvalue weighted by atomic mass is 19.1. The van der Waals surface area contributed by atoms with Crippen LogP contribution in [0.1, 0.15) is 37.0 Å². The van der Waals surface area contributed by atoms with Gasteiger partial charge in [-0.25, -0.2) is 22.6 Å². The van der Waals surface area contributed by atoms with Crippen LogP contribution in [-0.2, 0) is 6.42 Å². The molecule has 3 amide bonds. The van der Waals surface area contributed by atoms with Crippen LogP contribution in [-0.4, -0.2) is 26.7 Å². The summed E-state index contributed by atoms with van der Waals surface area (Å²) < 4.78 is 49.3. The lowest BCUT2D eigenvalue weighted by molar-refractivity contribution is 0.0995. The van der Waals surface area contributed by atoms with Crippen molar-refractivity contribution in [1.82, 2.24) is 14.8 Å². The Morgan fingerprint density at radius 1 is 0.949 bits per heavy atom. The SMILES string of the molecule is CC(C)(C)Cc1cc(NC(=O)Nc2ccc(Oc3ccnc(C(N)=O)c3)cc2F)n(-c2cc(F)cc(F)c2)n1. The van der Waals surface area contributed by atoms with E-state index in [1.165, 1.54) is 35.1 Å². The molecule has 4 rings (SSSR count). The number of halogens is 3. The first-order valence-corrected chi connectivity index (χ1v) is 11.7. The van der Waals surface area contributed by atoms with Crippen LogP contribution in [0.3, 0.4) is 0 Å². The average molecular weight is 539 g/mol. The molecule has 4 N–H and O–H groups in total.